The van der Waals surface area contributed by atoms with Crippen LogP contribution in [0.5, 0.6) is 0 Å². The summed E-state index contributed by atoms with van der Waals surface area (Å²) < 4.78 is 5.30. The first kappa shape index (κ1) is 13.0. The Labute approximate surface area is 102 Å². The quantitative estimate of drug-likeness (QED) is 0.725. The van der Waals surface area contributed by atoms with Crippen LogP contribution in [-0.4, -0.2) is 12.1 Å². The van der Waals surface area contributed by atoms with Crippen molar-refractivity contribution in [3.63, 3.8) is 0 Å². The van der Waals surface area contributed by atoms with Crippen LogP contribution < -0.4 is 0 Å². The highest BCUT2D eigenvalue weighted by atomic mass is 35.5. The molecular weight excluding hydrogens is 224 g/mol. The second-order valence-electron chi connectivity index (χ2n) is 3.87. The maximum Gasteiger partial charge on any atom is 0.338 e. The van der Waals surface area contributed by atoms with Gasteiger partial charge in [0.25, 0.3) is 0 Å². The van der Waals surface area contributed by atoms with Crippen LogP contribution in [0.2, 0.25) is 5.02 Å². The van der Waals surface area contributed by atoms with Gasteiger partial charge in [-0.2, -0.15) is 0 Å². The maximum absolute atomic E-state index is 11.7. The van der Waals surface area contributed by atoms with E-state index in [-0.39, 0.29) is 12.1 Å². The van der Waals surface area contributed by atoms with Crippen molar-refractivity contribution >= 4 is 17.6 Å². The third-order valence-electron chi connectivity index (χ3n) is 2.33. The summed E-state index contributed by atoms with van der Waals surface area (Å²) in [4.78, 5) is 11.7. The zero-order valence-electron chi connectivity index (χ0n) is 9.70. The minimum Gasteiger partial charge on any atom is -0.459 e. The van der Waals surface area contributed by atoms with Crippen molar-refractivity contribution in [1.82, 2.24) is 0 Å². The van der Waals surface area contributed by atoms with Crippen LogP contribution in [0, 0.1) is 0 Å². The average molecular weight is 241 g/mol. The summed E-state index contributed by atoms with van der Waals surface area (Å²) in [6.45, 7) is 4.03. The van der Waals surface area contributed by atoms with E-state index in [1.807, 2.05) is 6.92 Å². The zero-order chi connectivity index (χ0) is 12.0. The van der Waals surface area contributed by atoms with E-state index in [1.165, 1.54) is 0 Å². The molecule has 1 aromatic carbocycles. The predicted molar refractivity (Wildman–Crippen MR) is 65.9 cm³/mol. The molecule has 0 aliphatic carbocycles. The van der Waals surface area contributed by atoms with Crippen molar-refractivity contribution in [1.29, 1.82) is 0 Å². The number of benzene rings is 1. The molecule has 0 radical (unpaired) electrons. The Hall–Kier alpha value is -1.02. The van der Waals surface area contributed by atoms with E-state index in [0.29, 0.717) is 10.6 Å². The Kier molecular flexibility index (Phi) is 5.33. The van der Waals surface area contributed by atoms with Gasteiger partial charge in [-0.3, -0.25) is 0 Å². The molecule has 0 saturated carbocycles. The van der Waals surface area contributed by atoms with Gasteiger partial charge in [0.05, 0.1) is 11.7 Å². The molecular formula is C13H17ClO2. The zero-order valence-corrected chi connectivity index (χ0v) is 10.5. The Morgan fingerprint density at radius 3 is 2.88 bits per heavy atom. The Morgan fingerprint density at radius 2 is 2.25 bits per heavy atom. The molecule has 0 N–H and O–H groups in total. The average Bonchev–Trinajstić information content (AvgIpc) is 2.26. The van der Waals surface area contributed by atoms with E-state index in [1.54, 1.807) is 24.3 Å². The summed E-state index contributed by atoms with van der Waals surface area (Å²) in [5, 5.41) is 0.552. The van der Waals surface area contributed by atoms with Crippen LogP contribution in [0.25, 0.3) is 0 Å². The number of carbonyl (C=O) groups is 1. The van der Waals surface area contributed by atoms with Gasteiger partial charge in [-0.05, 0) is 31.5 Å². The number of ether oxygens (including phenoxy) is 1. The molecule has 1 unspecified atom stereocenters. The van der Waals surface area contributed by atoms with Crippen molar-refractivity contribution in [2.24, 2.45) is 0 Å². The molecule has 3 heteroatoms. The van der Waals surface area contributed by atoms with E-state index in [9.17, 15) is 4.79 Å². The lowest BCUT2D eigenvalue weighted by Crippen LogP contribution is -2.14. The van der Waals surface area contributed by atoms with E-state index in [2.05, 4.69) is 6.92 Å². The highest BCUT2D eigenvalue weighted by Crippen LogP contribution is 2.13. The fourth-order valence-corrected chi connectivity index (χ4v) is 1.61. The van der Waals surface area contributed by atoms with Crippen molar-refractivity contribution in [3.8, 4) is 0 Å². The maximum atomic E-state index is 11.7. The molecule has 1 aromatic rings. The number of hydrogen-bond acceptors (Lipinski definition) is 2. The van der Waals surface area contributed by atoms with E-state index < -0.39 is 0 Å². The molecule has 2 nitrogen and oxygen atoms in total. The van der Waals surface area contributed by atoms with Crippen LogP contribution in [-0.2, 0) is 4.74 Å². The SMILES string of the molecule is CCCCC(C)OC(=O)c1cccc(Cl)c1. The molecule has 0 spiro atoms. The molecule has 88 valence electrons. The minimum absolute atomic E-state index is 0.0357. The number of unbranched alkanes of at least 4 members (excludes halogenated alkanes) is 1. The van der Waals surface area contributed by atoms with Gasteiger partial charge in [-0.25, -0.2) is 4.79 Å². The topological polar surface area (TPSA) is 26.3 Å². The molecule has 1 rings (SSSR count). The number of halogens is 1. The normalized spacial score (nSPS) is 12.2. The Morgan fingerprint density at radius 1 is 1.50 bits per heavy atom. The molecule has 0 aliphatic rings. The summed E-state index contributed by atoms with van der Waals surface area (Å²) >= 11 is 5.80. The second-order valence-corrected chi connectivity index (χ2v) is 4.30. The van der Waals surface area contributed by atoms with Crippen molar-refractivity contribution in [3.05, 3.63) is 34.9 Å². The van der Waals surface area contributed by atoms with Gasteiger partial charge < -0.3 is 4.74 Å². The molecule has 16 heavy (non-hydrogen) atoms. The molecule has 0 aromatic heterocycles. The number of rotatable bonds is 5. The first-order valence-electron chi connectivity index (χ1n) is 5.60. The first-order valence-corrected chi connectivity index (χ1v) is 5.97. The van der Waals surface area contributed by atoms with Gasteiger partial charge in [0.1, 0.15) is 0 Å². The van der Waals surface area contributed by atoms with E-state index in [4.69, 9.17) is 16.3 Å². The van der Waals surface area contributed by atoms with Crippen LogP contribution in [0.4, 0.5) is 0 Å². The summed E-state index contributed by atoms with van der Waals surface area (Å²) in [5.74, 6) is -0.300. The van der Waals surface area contributed by atoms with Gasteiger partial charge in [0, 0.05) is 5.02 Å². The fourth-order valence-electron chi connectivity index (χ4n) is 1.42. The predicted octanol–water partition coefficient (Wildman–Crippen LogP) is 4.08. The van der Waals surface area contributed by atoms with Crippen molar-refractivity contribution in [2.75, 3.05) is 0 Å². The number of carbonyl (C=O) groups excluding carboxylic acids is 1. The van der Waals surface area contributed by atoms with Gasteiger partial charge >= 0.3 is 5.97 Å². The third-order valence-corrected chi connectivity index (χ3v) is 2.57. The standard InChI is InChI=1S/C13H17ClO2/c1-3-4-6-10(2)16-13(15)11-7-5-8-12(14)9-11/h5,7-10H,3-4,6H2,1-2H3. The lowest BCUT2D eigenvalue weighted by Gasteiger charge is -2.12. The van der Waals surface area contributed by atoms with Gasteiger partial charge in [0.15, 0.2) is 0 Å². The molecule has 0 aliphatic heterocycles. The summed E-state index contributed by atoms with van der Waals surface area (Å²) in [7, 11) is 0. The van der Waals surface area contributed by atoms with Crippen LogP contribution in [0.15, 0.2) is 24.3 Å². The molecule has 0 heterocycles. The van der Waals surface area contributed by atoms with Crippen molar-refractivity contribution in [2.45, 2.75) is 39.2 Å². The molecule has 0 fully saturated rings. The summed E-state index contributed by atoms with van der Waals surface area (Å²) in [5.41, 5.74) is 0.510. The largest absolute Gasteiger partial charge is 0.459 e. The first-order chi connectivity index (χ1) is 7.63. The van der Waals surface area contributed by atoms with Gasteiger partial charge in [-0.15, -0.1) is 0 Å². The summed E-state index contributed by atoms with van der Waals surface area (Å²) in [6.07, 6.45) is 3.05. The van der Waals surface area contributed by atoms with Crippen LogP contribution in [0.3, 0.4) is 0 Å². The van der Waals surface area contributed by atoms with Crippen molar-refractivity contribution < 1.29 is 9.53 Å². The third kappa shape index (κ3) is 4.23. The van der Waals surface area contributed by atoms with E-state index in [0.717, 1.165) is 19.3 Å². The molecule has 0 saturated heterocycles. The highest BCUT2D eigenvalue weighted by molar-refractivity contribution is 6.30. The van der Waals surface area contributed by atoms with Crippen LogP contribution >= 0.6 is 11.6 Å². The fraction of sp³-hybridized carbons (Fsp3) is 0.462. The Balaban J connectivity index is 2.52. The number of esters is 1. The Bertz CT molecular complexity index is 350. The second kappa shape index (κ2) is 6.54. The minimum atomic E-state index is -0.300. The van der Waals surface area contributed by atoms with Crippen LogP contribution in [0.1, 0.15) is 43.5 Å². The smallest absolute Gasteiger partial charge is 0.338 e. The van der Waals surface area contributed by atoms with Gasteiger partial charge in [0.2, 0.25) is 0 Å². The number of hydrogen-bond donors (Lipinski definition) is 0. The monoisotopic (exact) mass is 240 g/mol. The summed E-state index contributed by atoms with van der Waals surface area (Å²) in [6, 6.07) is 6.81. The van der Waals surface area contributed by atoms with Gasteiger partial charge in [-0.1, -0.05) is 37.4 Å². The lowest BCUT2D eigenvalue weighted by atomic mass is 10.2. The lowest BCUT2D eigenvalue weighted by molar-refractivity contribution is 0.0320. The van der Waals surface area contributed by atoms with E-state index >= 15 is 0 Å². The highest BCUT2D eigenvalue weighted by Gasteiger charge is 2.11. The molecule has 1 atom stereocenters. The molecule has 0 amide bonds. The molecule has 0 bridgehead atoms.